The number of nitrogens with one attached hydrogen (secondary N) is 2. The third kappa shape index (κ3) is 9.60. The first kappa shape index (κ1) is 20.1. The van der Waals surface area contributed by atoms with Crippen molar-refractivity contribution in [3.8, 4) is 0 Å². The van der Waals surface area contributed by atoms with Gasteiger partial charge in [0.2, 0.25) is 5.91 Å². The Kier molecular flexibility index (Phi) is 9.48. The largest absolute Gasteiger partial charge is 0.353 e. The van der Waals surface area contributed by atoms with Crippen molar-refractivity contribution in [1.29, 1.82) is 0 Å². The summed E-state index contributed by atoms with van der Waals surface area (Å²) >= 11 is 0. The van der Waals surface area contributed by atoms with E-state index in [-0.39, 0.29) is 17.2 Å². The van der Waals surface area contributed by atoms with Crippen molar-refractivity contribution in [2.75, 3.05) is 18.8 Å². The molecule has 0 unspecified atom stereocenters. The highest BCUT2D eigenvalue weighted by Crippen LogP contribution is 2.21. The van der Waals surface area contributed by atoms with Gasteiger partial charge in [-0.15, -0.1) is 0 Å². The van der Waals surface area contributed by atoms with Crippen molar-refractivity contribution in [3.63, 3.8) is 0 Å². The van der Waals surface area contributed by atoms with Crippen LogP contribution in [0, 0.1) is 0 Å². The Morgan fingerprint density at radius 3 is 2.33 bits per heavy atom. The van der Waals surface area contributed by atoms with Crippen LogP contribution < -0.4 is 10.6 Å². The van der Waals surface area contributed by atoms with E-state index >= 15 is 0 Å². The van der Waals surface area contributed by atoms with Crippen LogP contribution >= 0.6 is 0 Å². The molecule has 0 aliphatic rings. The molecule has 0 saturated carbocycles. The van der Waals surface area contributed by atoms with Crippen molar-refractivity contribution in [2.24, 2.45) is 0 Å². The zero-order valence-corrected chi connectivity index (χ0v) is 13.8. The van der Waals surface area contributed by atoms with Gasteiger partial charge in [-0.3, -0.25) is 9.35 Å². The molecule has 0 rings (SSSR count). The maximum atomic E-state index is 11.1. The van der Waals surface area contributed by atoms with Gasteiger partial charge in [0.25, 0.3) is 10.1 Å². The lowest BCUT2D eigenvalue weighted by Crippen LogP contribution is -2.45. The highest BCUT2D eigenvalue weighted by Gasteiger charge is 2.24. The van der Waals surface area contributed by atoms with Gasteiger partial charge in [0, 0.05) is 12.1 Å². The molecule has 0 aromatic heterocycles. The fourth-order valence-corrected chi connectivity index (χ4v) is 2.77. The fourth-order valence-electron chi connectivity index (χ4n) is 2.26. The zero-order valence-electron chi connectivity index (χ0n) is 13.0. The lowest BCUT2D eigenvalue weighted by molar-refractivity contribution is -0.116. The summed E-state index contributed by atoms with van der Waals surface area (Å²) in [6.45, 7) is 8.70. The van der Waals surface area contributed by atoms with Gasteiger partial charge in [0.1, 0.15) is 0 Å². The van der Waals surface area contributed by atoms with Gasteiger partial charge in [-0.1, -0.05) is 20.4 Å². The molecule has 0 heterocycles. The Morgan fingerprint density at radius 2 is 1.86 bits per heavy atom. The van der Waals surface area contributed by atoms with Crippen LogP contribution in [0.5, 0.6) is 0 Å². The van der Waals surface area contributed by atoms with Gasteiger partial charge in [-0.05, 0) is 44.7 Å². The summed E-state index contributed by atoms with van der Waals surface area (Å²) in [5.74, 6) is -0.395. The predicted octanol–water partition coefficient (Wildman–Crippen LogP) is 1.50. The van der Waals surface area contributed by atoms with Gasteiger partial charge < -0.3 is 10.6 Å². The average molecular weight is 320 g/mol. The third-order valence-electron chi connectivity index (χ3n) is 3.75. The van der Waals surface area contributed by atoms with Gasteiger partial charge in [0.15, 0.2) is 0 Å². The van der Waals surface area contributed by atoms with Crippen molar-refractivity contribution in [3.05, 3.63) is 12.7 Å². The molecule has 3 N–H and O–H groups in total. The second-order valence-corrected chi connectivity index (χ2v) is 6.72. The SMILES string of the molecule is C=CC(=O)NCCCC(CC)(CC)NCCCS(=O)(=O)O. The van der Waals surface area contributed by atoms with Crippen LogP contribution in [0.2, 0.25) is 0 Å². The van der Waals surface area contributed by atoms with Gasteiger partial charge in [-0.2, -0.15) is 8.42 Å². The van der Waals surface area contributed by atoms with Crippen molar-refractivity contribution in [1.82, 2.24) is 10.6 Å². The second kappa shape index (κ2) is 9.92. The van der Waals surface area contributed by atoms with E-state index in [1.807, 2.05) is 0 Å². The summed E-state index contributed by atoms with van der Waals surface area (Å²) in [5, 5.41) is 6.14. The van der Waals surface area contributed by atoms with E-state index in [9.17, 15) is 13.2 Å². The minimum Gasteiger partial charge on any atom is -0.353 e. The Labute approximate surface area is 128 Å². The lowest BCUT2D eigenvalue weighted by Gasteiger charge is -2.33. The van der Waals surface area contributed by atoms with Gasteiger partial charge in [-0.25, -0.2) is 0 Å². The number of amides is 1. The van der Waals surface area contributed by atoms with E-state index < -0.39 is 10.1 Å². The first-order valence-electron chi connectivity index (χ1n) is 7.39. The first-order valence-corrected chi connectivity index (χ1v) is 9.00. The second-order valence-electron chi connectivity index (χ2n) is 5.15. The molecule has 0 radical (unpaired) electrons. The van der Waals surface area contributed by atoms with Crippen LogP contribution in [-0.2, 0) is 14.9 Å². The Morgan fingerprint density at radius 1 is 1.24 bits per heavy atom. The third-order valence-corrected chi connectivity index (χ3v) is 4.55. The first-order chi connectivity index (χ1) is 9.78. The quantitative estimate of drug-likeness (QED) is 0.288. The monoisotopic (exact) mass is 320 g/mol. The Bertz CT molecular complexity index is 417. The van der Waals surface area contributed by atoms with Crippen molar-refractivity contribution >= 4 is 16.0 Å². The maximum Gasteiger partial charge on any atom is 0.264 e. The van der Waals surface area contributed by atoms with E-state index in [0.717, 1.165) is 25.7 Å². The van der Waals surface area contributed by atoms with Crippen LogP contribution in [0.25, 0.3) is 0 Å². The van der Waals surface area contributed by atoms with Crippen LogP contribution in [0.1, 0.15) is 46.0 Å². The number of rotatable bonds is 12. The molecule has 0 aromatic carbocycles. The molecule has 0 aromatic rings. The van der Waals surface area contributed by atoms with Crippen LogP contribution in [-0.4, -0.2) is 43.3 Å². The summed E-state index contributed by atoms with van der Waals surface area (Å²) in [5.41, 5.74) is -0.0574. The van der Waals surface area contributed by atoms with Crippen molar-refractivity contribution in [2.45, 2.75) is 51.5 Å². The molecule has 6 nitrogen and oxygen atoms in total. The van der Waals surface area contributed by atoms with Crippen LogP contribution in [0.15, 0.2) is 12.7 Å². The summed E-state index contributed by atoms with van der Waals surface area (Å²) in [4.78, 5) is 11.1. The van der Waals surface area contributed by atoms with E-state index in [4.69, 9.17) is 4.55 Å². The maximum absolute atomic E-state index is 11.1. The van der Waals surface area contributed by atoms with E-state index in [1.54, 1.807) is 0 Å². The molecule has 0 spiro atoms. The average Bonchev–Trinajstić information content (AvgIpc) is 2.44. The summed E-state index contributed by atoms with van der Waals surface area (Å²) in [7, 11) is -3.89. The molecule has 0 aliphatic heterocycles. The van der Waals surface area contributed by atoms with E-state index in [0.29, 0.717) is 19.5 Å². The molecule has 0 atom stereocenters. The molecule has 1 amide bonds. The molecule has 0 bridgehead atoms. The molecule has 0 aliphatic carbocycles. The van der Waals surface area contributed by atoms with Gasteiger partial charge in [0.05, 0.1) is 5.75 Å². The minimum absolute atomic E-state index is 0.0574. The molecular weight excluding hydrogens is 292 g/mol. The van der Waals surface area contributed by atoms with Crippen molar-refractivity contribution < 1.29 is 17.8 Å². The highest BCUT2D eigenvalue weighted by atomic mass is 32.2. The normalized spacial score (nSPS) is 12.1. The van der Waals surface area contributed by atoms with E-state index in [1.165, 1.54) is 6.08 Å². The van der Waals surface area contributed by atoms with Crippen LogP contribution in [0.3, 0.4) is 0 Å². The number of carbonyl (C=O) groups excluding carboxylic acids is 1. The van der Waals surface area contributed by atoms with Crippen LogP contribution in [0.4, 0.5) is 0 Å². The zero-order chi connectivity index (χ0) is 16.4. The number of carbonyl (C=O) groups is 1. The summed E-state index contributed by atoms with van der Waals surface area (Å²) < 4.78 is 30.1. The standard InChI is InChI=1S/C14H28N2O4S/c1-4-13(17)15-10-7-9-14(5-2,6-3)16-11-8-12-21(18,19)20/h4,16H,1,5-12H2,2-3H3,(H,15,17)(H,18,19,20). The number of hydrogen-bond donors (Lipinski definition) is 3. The minimum atomic E-state index is -3.89. The molecule has 124 valence electrons. The molecule has 0 saturated heterocycles. The predicted molar refractivity (Wildman–Crippen MR) is 84.8 cm³/mol. The molecule has 0 fully saturated rings. The molecular formula is C14H28N2O4S. The fraction of sp³-hybridized carbons (Fsp3) is 0.786. The molecule has 7 heteroatoms. The lowest BCUT2D eigenvalue weighted by atomic mass is 9.87. The van der Waals surface area contributed by atoms with Gasteiger partial charge >= 0.3 is 0 Å². The van der Waals surface area contributed by atoms with E-state index in [2.05, 4.69) is 31.1 Å². The Balaban J connectivity index is 4.16. The topological polar surface area (TPSA) is 95.5 Å². The summed E-state index contributed by atoms with van der Waals surface area (Å²) in [6.07, 6.45) is 5.21. The smallest absolute Gasteiger partial charge is 0.264 e. The Hall–Kier alpha value is -0.920. The summed E-state index contributed by atoms with van der Waals surface area (Å²) in [6, 6.07) is 0. The highest BCUT2D eigenvalue weighted by molar-refractivity contribution is 7.85. The number of hydrogen-bond acceptors (Lipinski definition) is 4. The molecule has 21 heavy (non-hydrogen) atoms.